The molecule has 5 aromatic rings. The van der Waals surface area contributed by atoms with Gasteiger partial charge in [0, 0.05) is 47.2 Å². The minimum absolute atomic E-state index is 0.0194. The fourth-order valence-electron chi connectivity index (χ4n) is 4.38. The van der Waals surface area contributed by atoms with Crippen LogP contribution in [0.15, 0.2) is 83.9 Å². The van der Waals surface area contributed by atoms with Crippen molar-refractivity contribution in [3.63, 3.8) is 0 Å². The number of halogens is 3. The van der Waals surface area contributed by atoms with Crippen molar-refractivity contribution < 1.29 is 18.3 Å². The summed E-state index contributed by atoms with van der Waals surface area (Å²) in [4.78, 5) is 26.1. The SMILES string of the molecule is CCn1ncc2cc(Oc3ccc(NC(=O)c4ccc(Cl)n(-c5ccc(F)cc5)c4=O)cc3F)c(/C(C=N)=C/N)cc21. The van der Waals surface area contributed by atoms with E-state index in [2.05, 4.69) is 10.4 Å². The quantitative estimate of drug-likeness (QED) is 0.148. The monoisotopic (exact) mass is 588 g/mol. The first kappa shape index (κ1) is 28.2. The third-order valence-corrected chi connectivity index (χ3v) is 6.76. The summed E-state index contributed by atoms with van der Waals surface area (Å²) >= 11 is 6.18. The van der Waals surface area contributed by atoms with Crippen LogP contribution < -0.4 is 21.3 Å². The van der Waals surface area contributed by atoms with Gasteiger partial charge in [-0.2, -0.15) is 5.10 Å². The summed E-state index contributed by atoms with van der Waals surface area (Å²) in [5.41, 5.74) is 6.67. The standard InChI is InChI=1S/C30H23ClF2N6O3/c1-2-38-25-13-23(18(14-34)15-35)27(11-17(25)16-36-38)42-26-9-5-20(12-24(26)33)37-29(40)22-8-10-28(31)39(30(22)41)21-6-3-19(32)4-7-21/h3-16,34H,2,35H2,1H3,(H,37,40)/b18-15+,34-14?. The highest BCUT2D eigenvalue weighted by Gasteiger charge is 2.18. The largest absolute Gasteiger partial charge is 0.454 e. The van der Waals surface area contributed by atoms with Gasteiger partial charge in [-0.25, -0.2) is 8.78 Å². The first-order valence-corrected chi connectivity index (χ1v) is 13.0. The molecule has 2 aromatic heterocycles. The van der Waals surface area contributed by atoms with Crippen molar-refractivity contribution in [2.75, 3.05) is 5.32 Å². The predicted molar refractivity (Wildman–Crippen MR) is 158 cm³/mol. The fraction of sp³-hybridized carbons (Fsp3) is 0.0667. The second-order valence-corrected chi connectivity index (χ2v) is 9.41. The average molecular weight is 589 g/mol. The third-order valence-electron chi connectivity index (χ3n) is 6.46. The zero-order chi connectivity index (χ0) is 30.0. The van der Waals surface area contributed by atoms with Gasteiger partial charge in [-0.05, 0) is 67.6 Å². The predicted octanol–water partition coefficient (Wildman–Crippen LogP) is 6.13. The van der Waals surface area contributed by atoms with Crippen LogP contribution in [-0.4, -0.2) is 26.5 Å². The number of hydrogen-bond donors (Lipinski definition) is 3. The zero-order valence-corrected chi connectivity index (χ0v) is 22.8. The van der Waals surface area contributed by atoms with Crippen molar-refractivity contribution in [1.82, 2.24) is 14.3 Å². The number of ether oxygens (including phenoxy) is 1. The second kappa shape index (κ2) is 11.7. The number of fused-ring (bicyclic) bond motifs is 1. The molecule has 0 aliphatic carbocycles. The number of hydrogen-bond acceptors (Lipinski definition) is 6. The van der Waals surface area contributed by atoms with E-state index in [0.29, 0.717) is 17.7 Å². The Morgan fingerprint density at radius 2 is 1.83 bits per heavy atom. The van der Waals surface area contributed by atoms with E-state index < -0.39 is 23.1 Å². The van der Waals surface area contributed by atoms with Gasteiger partial charge in [-0.1, -0.05) is 11.6 Å². The van der Waals surface area contributed by atoms with Gasteiger partial charge in [0.2, 0.25) is 0 Å². The summed E-state index contributed by atoms with van der Waals surface area (Å²) in [6.07, 6.45) is 3.97. The Balaban J connectivity index is 1.43. The van der Waals surface area contributed by atoms with Crippen LogP contribution in [0.1, 0.15) is 22.8 Å². The van der Waals surface area contributed by atoms with Gasteiger partial charge in [-0.3, -0.25) is 18.8 Å². The number of pyridine rings is 1. The van der Waals surface area contributed by atoms with Crippen molar-refractivity contribution in [3.8, 4) is 17.2 Å². The number of amides is 1. The van der Waals surface area contributed by atoms with Gasteiger partial charge in [0.1, 0.15) is 22.3 Å². The number of allylic oxidation sites excluding steroid dienone is 1. The maximum Gasteiger partial charge on any atom is 0.269 e. The van der Waals surface area contributed by atoms with Crippen molar-refractivity contribution in [2.24, 2.45) is 5.73 Å². The van der Waals surface area contributed by atoms with Crippen molar-refractivity contribution in [1.29, 1.82) is 5.41 Å². The first-order valence-electron chi connectivity index (χ1n) is 12.6. The van der Waals surface area contributed by atoms with Gasteiger partial charge in [0.25, 0.3) is 11.5 Å². The van der Waals surface area contributed by atoms with Crippen LogP contribution in [0, 0.1) is 17.0 Å². The number of aromatic nitrogens is 3. The lowest BCUT2D eigenvalue weighted by molar-refractivity contribution is 0.102. The molecule has 0 bridgehead atoms. The lowest BCUT2D eigenvalue weighted by Gasteiger charge is -2.14. The maximum absolute atomic E-state index is 15.2. The Morgan fingerprint density at radius 3 is 2.50 bits per heavy atom. The van der Waals surface area contributed by atoms with Crippen molar-refractivity contribution in [3.05, 3.63) is 117 Å². The number of anilines is 1. The number of carbonyl (C=O) groups excluding carboxylic acids is 1. The van der Waals surface area contributed by atoms with E-state index in [1.165, 1.54) is 42.6 Å². The van der Waals surface area contributed by atoms with Crippen molar-refractivity contribution in [2.45, 2.75) is 13.5 Å². The zero-order valence-electron chi connectivity index (χ0n) is 22.1. The summed E-state index contributed by atoms with van der Waals surface area (Å²) in [5.74, 6) is -2.00. The second-order valence-electron chi connectivity index (χ2n) is 9.02. The van der Waals surface area contributed by atoms with Crippen LogP contribution in [-0.2, 0) is 6.54 Å². The van der Waals surface area contributed by atoms with E-state index in [-0.39, 0.29) is 33.6 Å². The molecule has 42 heavy (non-hydrogen) atoms. The van der Waals surface area contributed by atoms with E-state index in [1.54, 1.807) is 23.0 Å². The Labute approximate surface area is 242 Å². The molecule has 2 heterocycles. The van der Waals surface area contributed by atoms with Gasteiger partial charge < -0.3 is 21.2 Å². The van der Waals surface area contributed by atoms with E-state index in [1.807, 2.05) is 6.92 Å². The molecule has 0 spiro atoms. The highest BCUT2D eigenvalue weighted by atomic mass is 35.5. The molecule has 9 nitrogen and oxygen atoms in total. The number of nitrogens with zero attached hydrogens (tertiary/aromatic N) is 3. The van der Waals surface area contributed by atoms with Crippen molar-refractivity contribution >= 4 is 45.9 Å². The molecule has 0 aliphatic heterocycles. The highest BCUT2D eigenvalue weighted by Crippen LogP contribution is 2.35. The van der Waals surface area contributed by atoms with E-state index in [9.17, 15) is 14.0 Å². The van der Waals surface area contributed by atoms with Crippen LogP contribution in [0.25, 0.3) is 22.2 Å². The smallest absolute Gasteiger partial charge is 0.269 e. The van der Waals surface area contributed by atoms with Crippen LogP contribution in [0.4, 0.5) is 14.5 Å². The Kier molecular flexibility index (Phi) is 7.85. The number of aryl methyl sites for hydroxylation is 1. The molecule has 0 saturated carbocycles. The molecule has 0 radical (unpaired) electrons. The van der Waals surface area contributed by atoms with Gasteiger partial charge in [-0.15, -0.1) is 0 Å². The molecule has 212 valence electrons. The first-order chi connectivity index (χ1) is 20.2. The molecule has 0 aliphatic rings. The molecular weight excluding hydrogens is 566 g/mol. The Morgan fingerprint density at radius 1 is 1.07 bits per heavy atom. The van der Waals surface area contributed by atoms with E-state index in [4.69, 9.17) is 27.5 Å². The van der Waals surface area contributed by atoms with Gasteiger partial charge in [0.15, 0.2) is 11.6 Å². The minimum Gasteiger partial charge on any atom is -0.454 e. The fourth-order valence-corrected chi connectivity index (χ4v) is 4.62. The lowest BCUT2D eigenvalue weighted by atomic mass is 10.0. The van der Waals surface area contributed by atoms with Crippen LogP contribution in [0.2, 0.25) is 5.15 Å². The summed E-state index contributed by atoms with van der Waals surface area (Å²) in [5, 5.41) is 15.3. The van der Waals surface area contributed by atoms with Gasteiger partial charge >= 0.3 is 0 Å². The minimum atomic E-state index is -0.801. The maximum atomic E-state index is 15.2. The molecule has 4 N–H and O–H groups in total. The molecule has 12 heteroatoms. The number of nitrogens with one attached hydrogen (secondary N) is 2. The number of carbonyl (C=O) groups is 1. The number of nitrogens with two attached hydrogens (primary N) is 1. The number of benzene rings is 3. The summed E-state index contributed by atoms with van der Waals surface area (Å²) in [6, 6.07) is 14.9. The lowest BCUT2D eigenvalue weighted by Crippen LogP contribution is -2.28. The summed E-state index contributed by atoms with van der Waals surface area (Å²) < 4.78 is 37.3. The van der Waals surface area contributed by atoms with Gasteiger partial charge in [0.05, 0.1) is 17.4 Å². The molecule has 0 fully saturated rings. The molecule has 0 saturated heterocycles. The highest BCUT2D eigenvalue weighted by molar-refractivity contribution is 6.30. The molecule has 0 atom stereocenters. The normalized spacial score (nSPS) is 11.5. The van der Waals surface area contributed by atoms with Crippen LogP contribution in [0.3, 0.4) is 0 Å². The van der Waals surface area contributed by atoms with Crippen LogP contribution in [0.5, 0.6) is 11.5 Å². The third kappa shape index (κ3) is 5.37. The van der Waals surface area contributed by atoms with Crippen LogP contribution >= 0.6 is 11.6 Å². The Bertz CT molecular complexity index is 1930. The average Bonchev–Trinajstić information content (AvgIpc) is 3.38. The van der Waals surface area contributed by atoms with E-state index in [0.717, 1.165) is 39.9 Å². The molecule has 5 rings (SSSR count). The molecule has 1 amide bonds. The van der Waals surface area contributed by atoms with E-state index >= 15 is 4.39 Å². The topological polar surface area (TPSA) is 128 Å². The summed E-state index contributed by atoms with van der Waals surface area (Å²) in [7, 11) is 0. The summed E-state index contributed by atoms with van der Waals surface area (Å²) in [6.45, 7) is 2.56. The molecular formula is C30H23ClF2N6O3. The Hall–Kier alpha value is -5.29. The molecule has 3 aromatic carbocycles. The molecule has 0 unspecified atom stereocenters. The number of rotatable bonds is 8.